The molecule has 0 aliphatic rings. The van der Waals surface area contributed by atoms with Crippen LogP contribution in [-0.2, 0) is 4.79 Å². The van der Waals surface area contributed by atoms with E-state index in [1.54, 1.807) is 6.92 Å². The summed E-state index contributed by atoms with van der Waals surface area (Å²) in [6.45, 7) is 7.55. The minimum atomic E-state index is -0.498. The lowest BCUT2D eigenvalue weighted by atomic mass is 10.1. The van der Waals surface area contributed by atoms with Crippen LogP contribution in [0.1, 0.15) is 39.3 Å². The minimum absolute atomic E-state index is 0.0841. The number of rotatable bonds is 5. The molecule has 0 saturated heterocycles. The molecular weight excluding hydrogens is 228 g/mol. The Morgan fingerprint density at radius 3 is 2.50 bits per heavy atom. The minimum Gasteiger partial charge on any atom is -0.491 e. The van der Waals surface area contributed by atoms with Crippen molar-refractivity contribution in [3.05, 3.63) is 29.8 Å². The molecule has 0 aromatic heterocycles. The van der Waals surface area contributed by atoms with Gasteiger partial charge in [-0.2, -0.15) is 0 Å². The molecule has 0 heterocycles. The fraction of sp³-hybridized carbons (Fsp3) is 0.500. The standard InChI is InChI=1S/C14H22N2O2/c1-9(2)18-13-7-5-6-12(8-13)11(4)16-14(17)10(3)15/h5-11H,15H2,1-4H3,(H,16,17)/t10-,11?/m0/s1. The molecule has 0 spiro atoms. The van der Waals surface area contributed by atoms with E-state index in [9.17, 15) is 4.79 Å². The average Bonchev–Trinajstić information content (AvgIpc) is 2.28. The average molecular weight is 250 g/mol. The summed E-state index contributed by atoms with van der Waals surface area (Å²) in [7, 11) is 0. The zero-order chi connectivity index (χ0) is 13.7. The van der Waals surface area contributed by atoms with E-state index < -0.39 is 6.04 Å². The maximum absolute atomic E-state index is 11.5. The molecule has 1 unspecified atom stereocenters. The van der Waals surface area contributed by atoms with Crippen molar-refractivity contribution in [1.82, 2.24) is 5.32 Å². The zero-order valence-electron chi connectivity index (χ0n) is 11.4. The number of nitrogens with one attached hydrogen (secondary N) is 1. The van der Waals surface area contributed by atoms with Crippen molar-refractivity contribution in [2.24, 2.45) is 5.73 Å². The van der Waals surface area contributed by atoms with Crippen molar-refractivity contribution in [2.75, 3.05) is 0 Å². The van der Waals surface area contributed by atoms with Gasteiger partial charge < -0.3 is 15.8 Å². The van der Waals surface area contributed by atoms with E-state index in [0.29, 0.717) is 0 Å². The van der Waals surface area contributed by atoms with Gasteiger partial charge in [0, 0.05) is 0 Å². The van der Waals surface area contributed by atoms with Crippen LogP contribution in [0.25, 0.3) is 0 Å². The topological polar surface area (TPSA) is 64.3 Å². The van der Waals surface area contributed by atoms with E-state index in [0.717, 1.165) is 11.3 Å². The van der Waals surface area contributed by atoms with E-state index in [2.05, 4.69) is 5.32 Å². The molecule has 3 N–H and O–H groups in total. The van der Waals surface area contributed by atoms with Gasteiger partial charge in [0.15, 0.2) is 0 Å². The summed E-state index contributed by atoms with van der Waals surface area (Å²) in [4.78, 5) is 11.5. The first kappa shape index (κ1) is 14.5. The zero-order valence-corrected chi connectivity index (χ0v) is 11.4. The fourth-order valence-corrected chi connectivity index (χ4v) is 1.56. The summed E-state index contributed by atoms with van der Waals surface area (Å²) >= 11 is 0. The summed E-state index contributed by atoms with van der Waals surface area (Å²) in [5.74, 6) is 0.655. The van der Waals surface area contributed by atoms with Crippen molar-refractivity contribution in [1.29, 1.82) is 0 Å². The molecule has 2 atom stereocenters. The molecule has 0 radical (unpaired) electrons. The van der Waals surface area contributed by atoms with Crippen LogP contribution in [0.5, 0.6) is 5.75 Å². The second kappa shape index (κ2) is 6.40. The SMILES string of the molecule is CC(C)Oc1cccc(C(C)NC(=O)[C@H](C)N)c1. The van der Waals surface area contributed by atoms with Crippen LogP contribution >= 0.6 is 0 Å². The lowest BCUT2D eigenvalue weighted by molar-refractivity contribution is -0.122. The number of carbonyl (C=O) groups is 1. The van der Waals surface area contributed by atoms with Crippen LogP contribution in [-0.4, -0.2) is 18.1 Å². The largest absolute Gasteiger partial charge is 0.491 e. The quantitative estimate of drug-likeness (QED) is 0.840. The monoisotopic (exact) mass is 250 g/mol. The van der Waals surface area contributed by atoms with Crippen molar-refractivity contribution in [2.45, 2.75) is 45.9 Å². The Bertz CT molecular complexity index is 403. The van der Waals surface area contributed by atoms with Gasteiger partial charge in [-0.3, -0.25) is 4.79 Å². The molecule has 1 amide bonds. The number of benzene rings is 1. The molecule has 0 fully saturated rings. The molecule has 100 valence electrons. The molecule has 0 saturated carbocycles. The van der Waals surface area contributed by atoms with E-state index in [4.69, 9.17) is 10.5 Å². The molecular formula is C14H22N2O2. The van der Waals surface area contributed by atoms with Gasteiger partial charge in [0.2, 0.25) is 5.91 Å². The van der Waals surface area contributed by atoms with Crippen molar-refractivity contribution >= 4 is 5.91 Å². The van der Waals surface area contributed by atoms with Crippen LogP contribution in [0.2, 0.25) is 0 Å². The molecule has 4 nitrogen and oxygen atoms in total. The third kappa shape index (κ3) is 4.37. The number of hydrogen-bond donors (Lipinski definition) is 2. The van der Waals surface area contributed by atoms with Gasteiger partial charge in [0.05, 0.1) is 18.2 Å². The number of carbonyl (C=O) groups excluding carboxylic acids is 1. The van der Waals surface area contributed by atoms with Gasteiger partial charge in [-0.25, -0.2) is 0 Å². The smallest absolute Gasteiger partial charge is 0.237 e. The molecule has 1 rings (SSSR count). The Kier molecular flexibility index (Phi) is 5.16. The maximum atomic E-state index is 11.5. The molecule has 18 heavy (non-hydrogen) atoms. The van der Waals surface area contributed by atoms with Gasteiger partial charge in [-0.15, -0.1) is 0 Å². The lowest BCUT2D eigenvalue weighted by Gasteiger charge is -2.17. The summed E-state index contributed by atoms with van der Waals surface area (Å²) in [5, 5.41) is 2.86. The Morgan fingerprint density at radius 2 is 1.94 bits per heavy atom. The second-order valence-electron chi connectivity index (χ2n) is 4.76. The van der Waals surface area contributed by atoms with Crippen molar-refractivity contribution < 1.29 is 9.53 Å². The highest BCUT2D eigenvalue weighted by atomic mass is 16.5. The first-order chi connectivity index (χ1) is 8.40. The highest BCUT2D eigenvalue weighted by Crippen LogP contribution is 2.20. The van der Waals surface area contributed by atoms with E-state index in [1.807, 2.05) is 45.0 Å². The van der Waals surface area contributed by atoms with E-state index >= 15 is 0 Å². The summed E-state index contributed by atoms with van der Waals surface area (Å²) in [5.41, 5.74) is 6.52. The second-order valence-corrected chi connectivity index (χ2v) is 4.76. The molecule has 1 aromatic rings. The van der Waals surface area contributed by atoms with Crippen LogP contribution in [0.15, 0.2) is 24.3 Å². The predicted molar refractivity (Wildman–Crippen MR) is 72.4 cm³/mol. The van der Waals surface area contributed by atoms with Crippen LogP contribution in [0.4, 0.5) is 0 Å². The lowest BCUT2D eigenvalue weighted by Crippen LogP contribution is -2.39. The van der Waals surface area contributed by atoms with Crippen LogP contribution in [0.3, 0.4) is 0 Å². The predicted octanol–water partition coefficient (Wildman–Crippen LogP) is 2.00. The molecule has 0 bridgehead atoms. The first-order valence-electron chi connectivity index (χ1n) is 6.22. The van der Waals surface area contributed by atoms with Crippen LogP contribution < -0.4 is 15.8 Å². The van der Waals surface area contributed by atoms with E-state index in [-0.39, 0.29) is 18.1 Å². The fourth-order valence-electron chi connectivity index (χ4n) is 1.56. The highest BCUT2D eigenvalue weighted by molar-refractivity contribution is 5.81. The Labute approximate surface area is 109 Å². The number of amides is 1. The Balaban J connectivity index is 2.73. The highest BCUT2D eigenvalue weighted by Gasteiger charge is 2.13. The van der Waals surface area contributed by atoms with Gasteiger partial charge in [0.1, 0.15) is 5.75 Å². The number of ether oxygens (including phenoxy) is 1. The van der Waals surface area contributed by atoms with Crippen molar-refractivity contribution in [3.63, 3.8) is 0 Å². The van der Waals surface area contributed by atoms with Crippen LogP contribution in [0, 0.1) is 0 Å². The third-order valence-electron chi connectivity index (χ3n) is 2.50. The third-order valence-corrected chi connectivity index (χ3v) is 2.50. The first-order valence-corrected chi connectivity index (χ1v) is 6.22. The Morgan fingerprint density at radius 1 is 1.28 bits per heavy atom. The van der Waals surface area contributed by atoms with Crippen molar-refractivity contribution in [3.8, 4) is 5.75 Å². The number of hydrogen-bond acceptors (Lipinski definition) is 3. The maximum Gasteiger partial charge on any atom is 0.237 e. The normalized spacial score (nSPS) is 14.1. The summed E-state index contributed by atoms with van der Waals surface area (Å²) in [6.07, 6.45) is 0.134. The molecule has 0 aliphatic carbocycles. The molecule has 4 heteroatoms. The summed E-state index contributed by atoms with van der Waals surface area (Å²) < 4.78 is 5.62. The van der Waals surface area contributed by atoms with Gasteiger partial charge in [-0.05, 0) is 45.4 Å². The molecule has 0 aliphatic heterocycles. The van der Waals surface area contributed by atoms with E-state index in [1.165, 1.54) is 0 Å². The summed E-state index contributed by atoms with van der Waals surface area (Å²) in [6, 6.07) is 7.14. The number of nitrogens with two attached hydrogens (primary N) is 1. The Hall–Kier alpha value is -1.55. The van der Waals surface area contributed by atoms with Gasteiger partial charge in [0.25, 0.3) is 0 Å². The van der Waals surface area contributed by atoms with Gasteiger partial charge >= 0.3 is 0 Å². The molecule has 1 aromatic carbocycles. The van der Waals surface area contributed by atoms with Gasteiger partial charge in [-0.1, -0.05) is 12.1 Å².